The normalized spacial score (nSPS) is 26.4. The Morgan fingerprint density at radius 3 is 2.75 bits per heavy atom. The lowest BCUT2D eigenvalue weighted by molar-refractivity contribution is -0.138. The van der Waals surface area contributed by atoms with Gasteiger partial charge in [-0.1, -0.05) is 30.7 Å². The van der Waals surface area contributed by atoms with Crippen molar-refractivity contribution in [3.63, 3.8) is 0 Å². The molecule has 1 aromatic carbocycles. The number of fused-ring (bicyclic) bond motifs is 3. The molecule has 3 aliphatic rings. The highest BCUT2D eigenvalue weighted by Crippen LogP contribution is 2.51. The van der Waals surface area contributed by atoms with Gasteiger partial charge in [-0.3, -0.25) is 19.5 Å². The summed E-state index contributed by atoms with van der Waals surface area (Å²) in [6.45, 7) is 2.08. The number of nitrogens with zero attached hydrogens (tertiary/aromatic N) is 2. The third-order valence-electron chi connectivity index (χ3n) is 7.84. The van der Waals surface area contributed by atoms with Crippen molar-refractivity contribution in [3.05, 3.63) is 71.1 Å². The van der Waals surface area contributed by atoms with E-state index in [1.54, 1.807) is 31.4 Å². The highest BCUT2D eigenvalue weighted by atomic mass is 16.5. The molecule has 1 aromatic heterocycles. The number of phenols is 1. The van der Waals surface area contributed by atoms with Gasteiger partial charge in [0.15, 0.2) is 0 Å². The molecule has 2 aromatic rings. The molecule has 0 unspecified atom stereocenters. The second-order valence-corrected chi connectivity index (χ2v) is 9.92. The number of allylic oxidation sites excluding steroid dienone is 2. The molecule has 2 N–H and O–H groups in total. The summed E-state index contributed by atoms with van der Waals surface area (Å²) in [6.07, 6.45) is 6.32. The van der Waals surface area contributed by atoms with Gasteiger partial charge in [0.1, 0.15) is 5.75 Å². The maximum atomic E-state index is 13.0. The van der Waals surface area contributed by atoms with Gasteiger partial charge in [0.25, 0.3) is 0 Å². The zero-order chi connectivity index (χ0) is 25.4. The lowest BCUT2D eigenvalue weighted by Crippen LogP contribution is -2.46. The molecule has 0 bridgehead atoms. The smallest absolute Gasteiger partial charge is 0.455 e. The van der Waals surface area contributed by atoms with Crippen LogP contribution in [0.2, 0.25) is 6.32 Å². The van der Waals surface area contributed by atoms with Crippen molar-refractivity contribution in [1.82, 2.24) is 9.88 Å². The predicted octanol–water partition coefficient (Wildman–Crippen LogP) is 3.94. The average Bonchev–Trinajstić information content (AvgIpc) is 3.10. The maximum absolute atomic E-state index is 13.0. The Hall–Kier alpha value is -3.23. The topological polar surface area (TPSA) is 100.0 Å². The lowest BCUT2D eigenvalue weighted by Gasteiger charge is -2.43. The molecule has 1 aliphatic carbocycles. The van der Waals surface area contributed by atoms with Gasteiger partial charge in [0, 0.05) is 13.2 Å². The van der Waals surface area contributed by atoms with Crippen LogP contribution in [-0.4, -0.2) is 52.1 Å². The van der Waals surface area contributed by atoms with E-state index in [-0.39, 0.29) is 35.5 Å². The zero-order valence-corrected chi connectivity index (χ0v) is 20.6. The number of aromatic hydroxyl groups is 1. The molecular weight excluding hydrogens is 455 g/mol. The Kier molecular flexibility index (Phi) is 6.82. The molecule has 3 heterocycles. The van der Waals surface area contributed by atoms with Crippen LogP contribution >= 0.6 is 0 Å². The number of hydrogen-bond acceptors (Lipinski definition) is 6. The summed E-state index contributed by atoms with van der Waals surface area (Å²) in [6, 6.07) is 12.8. The fraction of sp³-hybridized carbons (Fsp3) is 0.393. The van der Waals surface area contributed by atoms with E-state index in [1.807, 2.05) is 30.3 Å². The van der Waals surface area contributed by atoms with Crippen molar-refractivity contribution < 1.29 is 24.4 Å². The first-order valence-corrected chi connectivity index (χ1v) is 12.6. The number of carbonyl (C=O) groups is 2. The Balaban J connectivity index is 1.46. The summed E-state index contributed by atoms with van der Waals surface area (Å²) < 4.78 is 6.08. The molecule has 8 heteroatoms. The largest absolute Gasteiger partial charge is 0.508 e. The lowest BCUT2D eigenvalue weighted by atomic mass is 9.58. The van der Waals surface area contributed by atoms with Gasteiger partial charge in [0.2, 0.25) is 11.8 Å². The number of benzene rings is 1. The van der Waals surface area contributed by atoms with Crippen LogP contribution in [0.15, 0.2) is 59.8 Å². The molecule has 2 fully saturated rings. The number of imide groups is 1. The monoisotopic (exact) mass is 486 g/mol. The third-order valence-corrected chi connectivity index (χ3v) is 7.84. The molecule has 36 heavy (non-hydrogen) atoms. The van der Waals surface area contributed by atoms with E-state index in [0.29, 0.717) is 25.6 Å². The molecule has 0 radical (unpaired) electrons. The number of pyridine rings is 1. The van der Waals surface area contributed by atoms with Gasteiger partial charge in [-0.15, -0.1) is 0 Å². The number of rotatable bonds is 6. The fourth-order valence-corrected chi connectivity index (χ4v) is 6.19. The predicted molar refractivity (Wildman–Crippen MR) is 137 cm³/mol. The van der Waals surface area contributed by atoms with Crippen LogP contribution in [0.5, 0.6) is 5.75 Å². The van der Waals surface area contributed by atoms with Crippen LogP contribution in [0.25, 0.3) is 11.6 Å². The van der Waals surface area contributed by atoms with Crippen molar-refractivity contribution in [3.8, 4) is 5.75 Å². The van der Waals surface area contributed by atoms with Gasteiger partial charge >= 0.3 is 7.12 Å². The van der Waals surface area contributed by atoms with Crippen molar-refractivity contribution in [2.75, 3.05) is 7.05 Å². The van der Waals surface area contributed by atoms with E-state index < -0.39 is 13.0 Å². The number of likely N-dealkylation sites (tertiary alicyclic amines) is 1. The molecule has 2 aliphatic heterocycles. The van der Waals surface area contributed by atoms with E-state index in [2.05, 4.69) is 11.9 Å². The maximum Gasteiger partial charge on any atom is 0.455 e. The van der Waals surface area contributed by atoms with Crippen LogP contribution in [0.1, 0.15) is 43.9 Å². The SMILES string of the molecule is CCC1=C2[C@@H](CC/C(=C/c3cccc(O)c3)c3ccccn3)OB(O)C[C@@H]2[C@@H]2C(=O)N(C)C(=O)[C@@H]2C1. The number of aromatic nitrogens is 1. The fourth-order valence-electron chi connectivity index (χ4n) is 6.19. The van der Waals surface area contributed by atoms with Gasteiger partial charge in [-0.2, -0.15) is 0 Å². The molecule has 0 spiro atoms. The summed E-state index contributed by atoms with van der Waals surface area (Å²) in [5.74, 6) is -1.02. The number of amides is 2. The standard InChI is InChI=1S/C28H31BN2O5/c1-3-18-15-21-26(28(34)31(2)27(21)33)22-16-29(35)36-24(25(18)22)11-10-19(23-9-4-5-12-30-23)13-17-7-6-8-20(32)14-17/h4-9,12-14,21-22,24,26,32,35H,3,10-11,15-16H2,1-2H3/b19-13-/t21-,22+,24-,26-/m1/s1. The van der Waals surface area contributed by atoms with Crippen LogP contribution in [-0.2, 0) is 14.2 Å². The van der Waals surface area contributed by atoms with Crippen molar-refractivity contribution >= 4 is 30.6 Å². The van der Waals surface area contributed by atoms with Crippen molar-refractivity contribution in [2.45, 2.75) is 45.0 Å². The Bertz CT molecular complexity index is 1230. The second kappa shape index (κ2) is 10.0. The zero-order valence-electron chi connectivity index (χ0n) is 20.6. The van der Waals surface area contributed by atoms with E-state index in [4.69, 9.17) is 4.65 Å². The minimum atomic E-state index is -0.984. The third kappa shape index (κ3) is 4.51. The average molecular weight is 486 g/mol. The molecule has 0 saturated carbocycles. The van der Waals surface area contributed by atoms with E-state index in [9.17, 15) is 19.7 Å². The number of hydrogen-bond donors (Lipinski definition) is 2. The van der Waals surface area contributed by atoms with Crippen LogP contribution < -0.4 is 0 Å². The summed E-state index contributed by atoms with van der Waals surface area (Å²) >= 11 is 0. The van der Waals surface area contributed by atoms with Crippen molar-refractivity contribution in [1.29, 1.82) is 0 Å². The highest BCUT2D eigenvalue weighted by molar-refractivity contribution is 6.43. The molecule has 2 saturated heterocycles. The molecule has 186 valence electrons. The first kappa shape index (κ1) is 24.5. The second-order valence-electron chi connectivity index (χ2n) is 9.92. The number of phenolic OH excluding ortho intramolecular Hbond substituents is 1. The van der Waals surface area contributed by atoms with E-state index in [0.717, 1.165) is 28.8 Å². The Morgan fingerprint density at radius 1 is 1.19 bits per heavy atom. The van der Waals surface area contributed by atoms with Gasteiger partial charge in [-0.25, -0.2) is 0 Å². The van der Waals surface area contributed by atoms with Gasteiger partial charge in [0.05, 0.1) is 23.6 Å². The Morgan fingerprint density at radius 2 is 2.03 bits per heavy atom. The first-order valence-electron chi connectivity index (χ1n) is 12.6. The van der Waals surface area contributed by atoms with Crippen LogP contribution in [0.3, 0.4) is 0 Å². The van der Waals surface area contributed by atoms with Crippen molar-refractivity contribution in [2.24, 2.45) is 17.8 Å². The van der Waals surface area contributed by atoms with Gasteiger partial charge in [-0.05, 0) is 85.0 Å². The molecule has 2 amide bonds. The summed E-state index contributed by atoms with van der Waals surface area (Å²) in [7, 11) is 0.579. The minimum absolute atomic E-state index is 0.112. The number of carbonyl (C=O) groups excluding carboxylic acids is 2. The van der Waals surface area contributed by atoms with E-state index >= 15 is 0 Å². The summed E-state index contributed by atoms with van der Waals surface area (Å²) in [5.41, 5.74) is 4.95. The molecule has 4 atom stereocenters. The van der Waals surface area contributed by atoms with Crippen LogP contribution in [0.4, 0.5) is 0 Å². The van der Waals surface area contributed by atoms with Crippen LogP contribution in [0, 0.1) is 17.8 Å². The van der Waals surface area contributed by atoms with E-state index in [1.165, 1.54) is 10.5 Å². The molecule has 7 nitrogen and oxygen atoms in total. The summed E-state index contributed by atoms with van der Waals surface area (Å²) in [4.78, 5) is 31.6. The van der Waals surface area contributed by atoms with Gasteiger partial charge < -0.3 is 14.8 Å². The highest BCUT2D eigenvalue weighted by Gasteiger charge is 2.56. The molecule has 5 rings (SSSR count). The quantitative estimate of drug-likeness (QED) is 0.365. The minimum Gasteiger partial charge on any atom is -0.508 e. The summed E-state index contributed by atoms with van der Waals surface area (Å²) in [5, 5.41) is 20.6. The Labute approximate surface area is 211 Å². The molecular formula is C28H31BN2O5. The first-order chi connectivity index (χ1) is 17.4.